The highest BCUT2D eigenvalue weighted by Crippen LogP contribution is 2.33. The topological polar surface area (TPSA) is 220 Å². The van der Waals surface area contributed by atoms with Crippen molar-refractivity contribution in [3.05, 3.63) is 51.5 Å². The standard InChI is InChI=1S/C58H94N6O11S/c1-16-39(6)46(34-52(68)58(10,11)63(12)13)57(72)64(14)49(37(3)4)35-51(75-42(9)65)56-62-48(36-76-56)55(71)60-44(33-43-25-23-38(5)24-26-43)31-40(7)50(67)32-41(8)53(69)61-47(22-20-18-19-21-45(66)17-2)54(70)59-27-28-74-30-29-73-15/h23-26,36-37,39-41,44,46-47,49,51H,16-22,27-35H2,1-15H3,(H,59,70)(H,60,71)(H,61,69)/t39?,40?,41?,44-,46+,47?,49-,51-/m1/s1. The van der Waals surface area contributed by atoms with Crippen LogP contribution in [0.5, 0.6) is 0 Å². The first-order valence-electron chi connectivity index (χ1n) is 27.4. The van der Waals surface area contributed by atoms with Crippen molar-refractivity contribution in [2.75, 3.05) is 54.6 Å². The Kier molecular flexibility index (Phi) is 30.1. The van der Waals surface area contributed by atoms with Gasteiger partial charge in [-0.05, 0) is 77.9 Å². The largest absolute Gasteiger partial charge is 0.455 e. The average molecular weight is 1080 g/mol. The summed E-state index contributed by atoms with van der Waals surface area (Å²) in [5, 5.41) is 10.8. The minimum Gasteiger partial charge on any atom is -0.455 e. The molecule has 0 spiro atoms. The SMILES string of the molecule is CCC(=O)CCCCCC(NC(=O)C(C)CC(=O)C(C)C[C@H](Cc1ccc(C)cc1)NC(=O)c1csc([C@@H](C[C@H](C(C)C)N(C)C(=O)[C@@H](CC(=O)C(C)(C)N(C)C)C(C)CC)OC(C)=O)n1)C(=O)NCCOCCOC. The molecule has 17 nitrogen and oxygen atoms in total. The van der Waals surface area contributed by atoms with Gasteiger partial charge in [0.2, 0.25) is 17.7 Å². The third-order valence-corrected chi connectivity index (χ3v) is 15.7. The maximum absolute atomic E-state index is 14.4. The van der Waals surface area contributed by atoms with Gasteiger partial charge in [-0.25, -0.2) is 4.98 Å². The maximum atomic E-state index is 14.4. The van der Waals surface area contributed by atoms with Gasteiger partial charge in [0.15, 0.2) is 11.9 Å². The zero-order valence-corrected chi connectivity index (χ0v) is 49.5. The Balaban J connectivity index is 2.31. The lowest BCUT2D eigenvalue weighted by atomic mass is 9.81. The molecular weight excluding hydrogens is 989 g/mol. The highest BCUT2D eigenvalue weighted by molar-refractivity contribution is 7.09. The summed E-state index contributed by atoms with van der Waals surface area (Å²) in [7, 11) is 7.00. The summed E-state index contributed by atoms with van der Waals surface area (Å²) in [6.07, 6.45) is 4.02. The van der Waals surface area contributed by atoms with Crippen molar-refractivity contribution in [1.29, 1.82) is 0 Å². The van der Waals surface area contributed by atoms with Gasteiger partial charge in [0.25, 0.3) is 5.91 Å². The number of carbonyl (C=O) groups excluding carboxylic acids is 8. The molecule has 0 saturated heterocycles. The quantitative estimate of drug-likeness (QED) is 0.0429. The Labute approximate surface area is 458 Å². The molecular formula is C58H94N6O11S. The van der Waals surface area contributed by atoms with Crippen LogP contribution in [0.1, 0.15) is 173 Å². The summed E-state index contributed by atoms with van der Waals surface area (Å²) in [6, 6.07) is 6.13. The van der Waals surface area contributed by atoms with E-state index in [-0.39, 0.29) is 85.5 Å². The Morgan fingerprint density at radius 3 is 2.08 bits per heavy atom. The summed E-state index contributed by atoms with van der Waals surface area (Å²) in [6.45, 7) is 21.5. The highest BCUT2D eigenvalue weighted by atomic mass is 32.1. The fourth-order valence-electron chi connectivity index (χ4n) is 8.81. The second-order valence-corrected chi connectivity index (χ2v) is 22.6. The van der Waals surface area contributed by atoms with E-state index >= 15 is 0 Å². The number of aromatic nitrogens is 1. The lowest BCUT2D eigenvalue weighted by Crippen LogP contribution is -2.50. The molecule has 0 radical (unpaired) electrons. The number of methoxy groups -OCH3 is 1. The van der Waals surface area contributed by atoms with E-state index < -0.39 is 65.3 Å². The van der Waals surface area contributed by atoms with Crippen LogP contribution >= 0.6 is 11.3 Å². The van der Waals surface area contributed by atoms with E-state index in [4.69, 9.17) is 19.2 Å². The molecule has 2 aromatic rings. The molecule has 8 atom stereocenters. The second kappa shape index (κ2) is 34.1. The minimum atomic E-state index is -0.888. The van der Waals surface area contributed by atoms with Crippen LogP contribution in [0.15, 0.2) is 29.6 Å². The first-order chi connectivity index (χ1) is 35.8. The molecule has 1 heterocycles. The van der Waals surface area contributed by atoms with Crippen LogP contribution < -0.4 is 16.0 Å². The molecule has 4 amide bonds. The number of hydrogen-bond donors (Lipinski definition) is 3. The average Bonchev–Trinajstić information content (AvgIpc) is 3.87. The van der Waals surface area contributed by atoms with Gasteiger partial charge in [0.05, 0.1) is 25.4 Å². The predicted molar refractivity (Wildman–Crippen MR) is 298 cm³/mol. The number of nitrogens with one attached hydrogen (secondary N) is 3. The molecule has 0 aliphatic carbocycles. The number of hydrogen-bond acceptors (Lipinski definition) is 14. The number of likely N-dealkylation sites (N-methyl/N-ethyl adjacent to an activating group) is 1. The van der Waals surface area contributed by atoms with Crippen LogP contribution in [-0.4, -0.2) is 140 Å². The van der Waals surface area contributed by atoms with Crippen molar-refractivity contribution < 1.29 is 52.6 Å². The van der Waals surface area contributed by atoms with Gasteiger partial charge in [0, 0.05) is 94.9 Å². The Morgan fingerprint density at radius 1 is 0.816 bits per heavy atom. The molecule has 3 N–H and O–H groups in total. The van der Waals surface area contributed by atoms with E-state index in [1.807, 2.05) is 98.7 Å². The van der Waals surface area contributed by atoms with Crippen LogP contribution in [0.4, 0.5) is 0 Å². The van der Waals surface area contributed by atoms with Crippen LogP contribution in [0.25, 0.3) is 0 Å². The molecule has 4 unspecified atom stereocenters. The minimum absolute atomic E-state index is 0.0279. The number of thiazole rings is 1. The van der Waals surface area contributed by atoms with Gasteiger partial charge in [-0.3, -0.25) is 43.3 Å². The summed E-state index contributed by atoms with van der Waals surface area (Å²) < 4.78 is 16.3. The number of ketones is 3. The van der Waals surface area contributed by atoms with Crippen LogP contribution in [0.2, 0.25) is 0 Å². The van der Waals surface area contributed by atoms with Crippen molar-refractivity contribution in [3.63, 3.8) is 0 Å². The molecule has 1 aromatic carbocycles. The van der Waals surface area contributed by atoms with Crippen molar-refractivity contribution >= 4 is 58.3 Å². The van der Waals surface area contributed by atoms with Gasteiger partial charge in [-0.1, -0.05) is 97.6 Å². The fraction of sp³-hybridized carbons (Fsp3) is 0.707. The van der Waals surface area contributed by atoms with Crippen molar-refractivity contribution in [3.8, 4) is 0 Å². The second-order valence-electron chi connectivity index (χ2n) is 21.8. The lowest BCUT2D eigenvalue weighted by Gasteiger charge is -2.38. The molecule has 1 aromatic heterocycles. The van der Waals surface area contributed by atoms with E-state index in [2.05, 4.69) is 16.0 Å². The van der Waals surface area contributed by atoms with Gasteiger partial charge in [-0.2, -0.15) is 0 Å². The molecule has 18 heteroatoms. The molecule has 0 aliphatic heterocycles. The van der Waals surface area contributed by atoms with Crippen LogP contribution in [0, 0.1) is 36.5 Å². The zero-order valence-electron chi connectivity index (χ0n) is 48.6. The Bertz CT molecular complexity index is 2160. The fourth-order valence-corrected chi connectivity index (χ4v) is 9.65. The first-order valence-corrected chi connectivity index (χ1v) is 28.3. The number of nitrogens with zero attached hydrogens (tertiary/aromatic N) is 3. The van der Waals surface area contributed by atoms with Crippen molar-refractivity contribution in [2.45, 2.75) is 183 Å². The zero-order chi connectivity index (χ0) is 57.3. The van der Waals surface area contributed by atoms with Gasteiger partial charge >= 0.3 is 5.97 Å². The van der Waals surface area contributed by atoms with E-state index in [1.165, 1.54) is 18.3 Å². The molecule has 2 rings (SSSR count). The molecule has 0 bridgehead atoms. The van der Waals surface area contributed by atoms with E-state index in [0.717, 1.165) is 17.5 Å². The number of rotatable bonds is 38. The highest BCUT2D eigenvalue weighted by Gasteiger charge is 2.39. The van der Waals surface area contributed by atoms with Gasteiger partial charge in [0.1, 0.15) is 28.3 Å². The molecule has 0 saturated carbocycles. The lowest BCUT2D eigenvalue weighted by molar-refractivity contribution is -0.149. The number of esters is 1. The Hall–Kier alpha value is -4.91. The third kappa shape index (κ3) is 23.0. The molecule has 0 fully saturated rings. The summed E-state index contributed by atoms with van der Waals surface area (Å²) in [4.78, 5) is 116. The Morgan fingerprint density at radius 2 is 1.49 bits per heavy atom. The van der Waals surface area contributed by atoms with Crippen LogP contribution in [-0.2, 0) is 54.2 Å². The molecule has 76 heavy (non-hydrogen) atoms. The molecule has 0 aliphatic rings. The first kappa shape index (κ1) is 67.2. The maximum Gasteiger partial charge on any atom is 0.303 e. The summed E-state index contributed by atoms with van der Waals surface area (Å²) in [5.74, 6) is -4.04. The smallest absolute Gasteiger partial charge is 0.303 e. The monoisotopic (exact) mass is 1080 g/mol. The van der Waals surface area contributed by atoms with Gasteiger partial charge < -0.3 is 35.1 Å². The number of carbonyl (C=O) groups is 8. The van der Waals surface area contributed by atoms with Crippen molar-refractivity contribution in [2.24, 2.45) is 29.6 Å². The van der Waals surface area contributed by atoms with E-state index in [9.17, 15) is 38.4 Å². The summed E-state index contributed by atoms with van der Waals surface area (Å²) >= 11 is 1.17. The van der Waals surface area contributed by atoms with Crippen molar-refractivity contribution in [1.82, 2.24) is 30.7 Å². The molecule has 428 valence electrons. The van der Waals surface area contributed by atoms with E-state index in [1.54, 1.807) is 38.3 Å². The number of ether oxygens (including phenoxy) is 3. The van der Waals surface area contributed by atoms with Crippen LogP contribution in [0.3, 0.4) is 0 Å². The number of unbranched alkanes of at least 4 members (excludes halogenated alkanes) is 2. The third-order valence-electron chi connectivity index (χ3n) is 14.8. The van der Waals surface area contributed by atoms with Gasteiger partial charge in [-0.15, -0.1) is 11.3 Å². The normalized spacial score (nSPS) is 14.9. The number of amides is 4. The number of aryl methyl sites for hydroxylation is 1. The number of Topliss-reactive ketones (excluding diaryl/α,β-unsaturated/α-hetero) is 3. The summed E-state index contributed by atoms with van der Waals surface area (Å²) in [5.41, 5.74) is 1.35. The predicted octanol–water partition coefficient (Wildman–Crippen LogP) is 8.05. The van der Waals surface area contributed by atoms with E-state index in [0.29, 0.717) is 63.2 Å². The number of benzene rings is 1.